The predicted molar refractivity (Wildman–Crippen MR) is 68.9 cm³/mol. The molecule has 0 aliphatic carbocycles. The molecule has 0 amide bonds. The van der Waals surface area contributed by atoms with Crippen molar-refractivity contribution in [3.05, 3.63) is 35.0 Å². The molecule has 0 spiro atoms. The molecule has 1 aromatic rings. The quantitative estimate of drug-likeness (QED) is 0.796. The highest BCUT2D eigenvalue weighted by molar-refractivity contribution is 7.89. The standard InChI is InChI=1S/C11H17NO2S2/c1-3-5-9(2)11(16(12,13)14)8-10-6-4-7-15-10/h3-4,6-7,9,11H,1,5,8H2,2H3,(H2,12,13,14). The van der Waals surface area contributed by atoms with Crippen LogP contribution in [-0.4, -0.2) is 13.7 Å². The van der Waals surface area contributed by atoms with Crippen LogP contribution in [0, 0.1) is 5.92 Å². The minimum Gasteiger partial charge on any atom is -0.228 e. The molecule has 0 bridgehead atoms. The molecule has 90 valence electrons. The molecular weight excluding hydrogens is 242 g/mol. The summed E-state index contributed by atoms with van der Waals surface area (Å²) in [4.78, 5) is 1.05. The molecule has 0 radical (unpaired) electrons. The first-order valence-electron chi connectivity index (χ1n) is 5.10. The lowest BCUT2D eigenvalue weighted by molar-refractivity contribution is 0.507. The maximum Gasteiger partial charge on any atom is 0.212 e. The summed E-state index contributed by atoms with van der Waals surface area (Å²) in [7, 11) is -3.50. The van der Waals surface area contributed by atoms with Crippen molar-refractivity contribution in [3.63, 3.8) is 0 Å². The van der Waals surface area contributed by atoms with Gasteiger partial charge in [0.15, 0.2) is 0 Å². The lowest BCUT2D eigenvalue weighted by Gasteiger charge is -2.20. The van der Waals surface area contributed by atoms with Crippen LogP contribution >= 0.6 is 11.3 Å². The summed E-state index contributed by atoms with van der Waals surface area (Å²) in [6.45, 7) is 5.52. The van der Waals surface area contributed by atoms with E-state index in [9.17, 15) is 8.42 Å². The second-order valence-corrected chi connectivity index (χ2v) is 6.73. The summed E-state index contributed by atoms with van der Waals surface area (Å²) in [5.74, 6) is -0.00500. The Kier molecular flexibility index (Phi) is 4.70. The first-order chi connectivity index (χ1) is 7.45. The zero-order chi connectivity index (χ0) is 12.2. The lowest BCUT2D eigenvalue weighted by Crippen LogP contribution is -2.35. The molecule has 0 saturated heterocycles. The molecule has 3 nitrogen and oxygen atoms in total. The van der Waals surface area contributed by atoms with Crippen molar-refractivity contribution in [2.75, 3.05) is 0 Å². The van der Waals surface area contributed by atoms with Crippen molar-refractivity contribution in [2.45, 2.75) is 25.0 Å². The van der Waals surface area contributed by atoms with Crippen LogP contribution < -0.4 is 5.14 Å². The van der Waals surface area contributed by atoms with E-state index in [1.165, 1.54) is 0 Å². The summed E-state index contributed by atoms with van der Waals surface area (Å²) in [6.07, 6.45) is 2.88. The Morgan fingerprint density at radius 3 is 2.75 bits per heavy atom. The van der Waals surface area contributed by atoms with E-state index in [1.807, 2.05) is 24.4 Å². The maximum absolute atomic E-state index is 11.5. The van der Waals surface area contributed by atoms with Crippen LogP contribution in [0.5, 0.6) is 0 Å². The van der Waals surface area contributed by atoms with Gasteiger partial charge < -0.3 is 0 Å². The number of nitrogens with two attached hydrogens (primary N) is 1. The van der Waals surface area contributed by atoms with Crippen molar-refractivity contribution in [3.8, 4) is 0 Å². The Labute approximate surface area is 101 Å². The van der Waals surface area contributed by atoms with E-state index in [2.05, 4.69) is 6.58 Å². The normalized spacial score (nSPS) is 15.6. The SMILES string of the molecule is C=CCC(C)C(Cc1cccs1)S(N)(=O)=O. The van der Waals surface area contributed by atoms with Gasteiger partial charge in [0, 0.05) is 11.3 Å². The molecule has 1 aromatic heterocycles. The van der Waals surface area contributed by atoms with Crippen LogP contribution in [0.3, 0.4) is 0 Å². The second kappa shape index (κ2) is 5.61. The van der Waals surface area contributed by atoms with Crippen molar-refractivity contribution in [2.24, 2.45) is 11.1 Å². The van der Waals surface area contributed by atoms with E-state index >= 15 is 0 Å². The van der Waals surface area contributed by atoms with Crippen LogP contribution in [0.2, 0.25) is 0 Å². The molecule has 0 fully saturated rings. The van der Waals surface area contributed by atoms with Gasteiger partial charge in [0.1, 0.15) is 0 Å². The Morgan fingerprint density at radius 1 is 1.62 bits per heavy atom. The van der Waals surface area contributed by atoms with E-state index < -0.39 is 15.3 Å². The van der Waals surface area contributed by atoms with Crippen LogP contribution in [0.25, 0.3) is 0 Å². The van der Waals surface area contributed by atoms with E-state index in [4.69, 9.17) is 5.14 Å². The second-order valence-electron chi connectivity index (χ2n) is 3.91. The third-order valence-electron chi connectivity index (χ3n) is 2.58. The first-order valence-corrected chi connectivity index (χ1v) is 7.59. The Bertz CT molecular complexity index is 423. The van der Waals surface area contributed by atoms with Gasteiger partial charge in [-0.05, 0) is 23.8 Å². The average Bonchev–Trinajstić information content (AvgIpc) is 2.64. The van der Waals surface area contributed by atoms with Gasteiger partial charge in [0.2, 0.25) is 10.0 Å². The highest BCUT2D eigenvalue weighted by atomic mass is 32.2. The summed E-state index contributed by atoms with van der Waals surface area (Å²) in [5.41, 5.74) is 0. The highest BCUT2D eigenvalue weighted by Gasteiger charge is 2.27. The van der Waals surface area contributed by atoms with E-state index in [1.54, 1.807) is 17.4 Å². The van der Waals surface area contributed by atoms with Crippen molar-refractivity contribution >= 4 is 21.4 Å². The first kappa shape index (κ1) is 13.4. The third kappa shape index (κ3) is 3.73. The summed E-state index contributed by atoms with van der Waals surface area (Å²) < 4.78 is 23.0. The van der Waals surface area contributed by atoms with Crippen molar-refractivity contribution in [1.29, 1.82) is 0 Å². The summed E-state index contributed by atoms with van der Waals surface area (Å²) in [5, 5.41) is 6.68. The molecule has 2 atom stereocenters. The molecule has 5 heteroatoms. The average molecular weight is 259 g/mol. The monoisotopic (exact) mass is 259 g/mol. The van der Waals surface area contributed by atoms with Crippen LogP contribution in [0.4, 0.5) is 0 Å². The van der Waals surface area contributed by atoms with Gasteiger partial charge in [-0.25, -0.2) is 13.6 Å². The zero-order valence-corrected chi connectivity index (χ0v) is 10.9. The van der Waals surface area contributed by atoms with Crippen molar-refractivity contribution < 1.29 is 8.42 Å². The fourth-order valence-corrected chi connectivity index (χ4v) is 3.72. The van der Waals surface area contributed by atoms with Gasteiger partial charge in [-0.2, -0.15) is 0 Å². The molecule has 0 aliphatic rings. The Hall–Kier alpha value is -0.650. The molecular formula is C11H17NO2S2. The molecule has 1 rings (SSSR count). The van der Waals surface area contributed by atoms with Gasteiger partial charge in [0.25, 0.3) is 0 Å². The third-order valence-corrected chi connectivity index (χ3v) is 4.95. The minimum atomic E-state index is -3.50. The fourth-order valence-electron chi connectivity index (χ4n) is 1.68. The van der Waals surface area contributed by atoms with E-state index in [-0.39, 0.29) is 5.92 Å². The minimum absolute atomic E-state index is 0.00500. The predicted octanol–water partition coefficient (Wildman–Crippen LogP) is 2.16. The molecule has 2 unspecified atom stereocenters. The van der Waals surface area contributed by atoms with Gasteiger partial charge in [-0.15, -0.1) is 17.9 Å². The fraction of sp³-hybridized carbons (Fsp3) is 0.455. The van der Waals surface area contributed by atoms with Gasteiger partial charge in [0.05, 0.1) is 5.25 Å². The van der Waals surface area contributed by atoms with Gasteiger partial charge in [-0.1, -0.05) is 19.1 Å². The Morgan fingerprint density at radius 2 is 2.31 bits per heavy atom. The van der Waals surface area contributed by atoms with Crippen LogP contribution in [0.1, 0.15) is 18.2 Å². The molecule has 1 heterocycles. The molecule has 0 aliphatic heterocycles. The number of primary sulfonamides is 1. The number of sulfonamides is 1. The van der Waals surface area contributed by atoms with Gasteiger partial charge in [-0.3, -0.25) is 0 Å². The van der Waals surface area contributed by atoms with Crippen LogP contribution in [-0.2, 0) is 16.4 Å². The van der Waals surface area contributed by atoms with Crippen molar-refractivity contribution in [1.82, 2.24) is 0 Å². The maximum atomic E-state index is 11.5. The Balaban J connectivity index is 2.84. The smallest absolute Gasteiger partial charge is 0.212 e. The summed E-state index contributed by atoms with van der Waals surface area (Å²) >= 11 is 1.56. The van der Waals surface area contributed by atoms with Gasteiger partial charge >= 0.3 is 0 Å². The largest absolute Gasteiger partial charge is 0.228 e. The number of thiophene rings is 1. The zero-order valence-electron chi connectivity index (χ0n) is 9.30. The molecule has 2 N–H and O–H groups in total. The molecule has 0 aromatic carbocycles. The molecule has 16 heavy (non-hydrogen) atoms. The number of hydrogen-bond acceptors (Lipinski definition) is 3. The number of rotatable bonds is 6. The van der Waals surface area contributed by atoms with E-state index in [0.29, 0.717) is 12.8 Å². The molecule has 0 saturated carbocycles. The summed E-state index contributed by atoms with van der Waals surface area (Å²) in [6, 6.07) is 3.85. The van der Waals surface area contributed by atoms with E-state index in [0.717, 1.165) is 4.88 Å². The number of hydrogen-bond donors (Lipinski definition) is 1. The van der Waals surface area contributed by atoms with Crippen LogP contribution in [0.15, 0.2) is 30.2 Å². The lowest BCUT2D eigenvalue weighted by atomic mass is 10.0. The highest BCUT2D eigenvalue weighted by Crippen LogP contribution is 2.21. The topological polar surface area (TPSA) is 60.2 Å². The number of allylic oxidation sites excluding steroid dienone is 1.